The van der Waals surface area contributed by atoms with Crippen molar-refractivity contribution in [1.29, 1.82) is 0 Å². The van der Waals surface area contributed by atoms with E-state index in [1.165, 1.54) is 31.4 Å². The molecule has 0 aromatic heterocycles. The van der Waals surface area contributed by atoms with Crippen LogP contribution < -0.4 is 4.74 Å². The Morgan fingerprint density at radius 3 is 1.96 bits per heavy atom. The van der Waals surface area contributed by atoms with E-state index in [0.29, 0.717) is 11.5 Å². The second kappa shape index (κ2) is 7.68. The molecule has 0 spiro atoms. The largest absolute Gasteiger partial charge is 0.494 e. The molecule has 3 rings (SSSR count). The molecule has 140 valence electrons. The summed E-state index contributed by atoms with van der Waals surface area (Å²) in [6, 6.07) is 5.24. The molecule has 26 heavy (non-hydrogen) atoms. The van der Waals surface area contributed by atoms with E-state index in [1.54, 1.807) is 0 Å². The molecule has 2 aromatic rings. The number of hydrogen-bond acceptors (Lipinski definition) is 1. The van der Waals surface area contributed by atoms with E-state index in [1.807, 2.05) is 0 Å². The Morgan fingerprint density at radius 2 is 1.38 bits per heavy atom. The molecule has 0 saturated heterocycles. The molecule has 1 saturated carbocycles. The third-order valence-electron chi connectivity index (χ3n) is 5.53. The molecule has 5 heteroatoms. The first kappa shape index (κ1) is 18.7. The van der Waals surface area contributed by atoms with E-state index in [9.17, 15) is 17.6 Å². The number of benzene rings is 2. The van der Waals surface area contributed by atoms with Gasteiger partial charge >= 0.3 is 0 Å². The smallest absolute Gasteiger partial charge is 0.201 e. The zero-order chi connectivity index (χ0) is 18.8. The maximum absolute atomic E-state index is 14.7. The second-order valence-corrected chi connectivity index (χ2v) is 6.90. The zero-order valence-corrected chi connectivity index (χ0v) is 14.9. The molecule has 0 unspecified atom stereocenters. The average molecular weight is 366 g/mol. The molecule has 0 aliphatic heterocycles. The van der Waals surface area contributed by atoms with Crippen molar-refractivity contribution < 1.29 is 22.3 Å². The van der Waals surface area contributed by atoms with Gasteiger partial charge in [-0.05, 0) is 55.2 Å². The molecule has 0 radical (unpaired) electrons. The highest BCUT2D eigenvalue weighted by Gasteiger charge is 2.27. The van der Waals surface area contributed by atoms with E-state index in [0.717, 1.165) is 32.1 Å². The fourth-order valence-corrected chi connectivity index (χ4v) is 3.87. The third-order valence-corrected chi connectivity index (χ3v) is 5.53. The SMILES string of the molecule is CCC1CCC(c2ccc(-c3ccc(OC)c(F)c3F)c(F)c2F)CC1. The van der Waals surface area contributed by atoms with Gasteiger partial charge in [0.05, 0.1) is 7.11 Å². The lowest BCUT2D eigenvalue weighted by atomic mass is 9.77. The van der Waals surface area contributed by atoms with Crippen LogP contribution in [0.5, 0.6) is 5.75 Å². The molecular formula is C21H22F4O. The van der Waals surface area contributed by atoms with Crippen molar-refractivity contribution in [2.75, 3.05) is 7.11 Å². The van der Waals surface area contributed by atoms with Crippen LogP contribution in [0.2, 0.25) is 0 Å². The summed E-state index contributed by atoms with van der Waals surface area (Å²) in [4.78, 5) is 0. The van der Waals surface area contributed by atoms with Crippen LogP contribution in [0, 0.1) is 29.2 Å². The molecule has 0 bridgehead atoms. The molecule has 1 aliphatic rings. The van der Waals surface area contributed by atoms with Crippen LogP contribution in [0.3, 0.4) is 0 Å². The maximum Gasteiger partial charge on any atom is 0.201 e. The van der Waals surface area contributed by atoms with Crippen molar-refractivity contribution >= 4 is 0 Å². The second-order valence-electron chi connectivity index (χ2n) is 6.90. The molecule has 0 atom stereocenters. The van der Waals surface area contributed by atoms with Crippen molar-refractivity contribution in [2.45, 2.75) is 44.9 Å². The van der Waals surface area contributed by atoms with Crippen molar-refractivity contribution in [3.8, 4) is 16.9 Å². The number of methoxy groups -OCH3 is 1. The van der Waals surface area contributed by atoms with Crippen LogP contribution in [-0.2, 0) is 0 Å². The Kier molecular flexibility index (Phi) is 5.54. The van der Waals surface area contributed by atoms with Crippen molar-refractivity contribution in [1.82, 2.24) is 0 Å². The van der Waals surface area contributed by atoms with Gasteiger partial charge in [-0.25, -0.2) is 13.2 Å². The minimum Gasteiger partial charge on any atom is -0.494 e. The Hall–Kier alpha value is -2.04. The van der Waals surface area contributed by atoms with Gasteiger partial charge < -0.3 is 4.74 Å². The third kappa shape index (κ3) is 3.31. The Labute approximate surface area is 151 Å². The summed E-state index contributed by atoms with van der Waals surface area (Å²) in [5.41, 5.74) is -0.274. The Bertz CT molecular complexity index is 795. The van der Waals surface area contributed by atoms with E-state index in [-0.39, 0.29) is 22.8 Å². The van der Waals surface area contributed by atoms with E-state index in [4.69, 9.17) is 4.74 Å². The molecule has 0 amide bonds. The zero-order valence-electron chi connectivity index (χ0n) is 14.9. The van der Waals surface area contributed by atoms with Gasteiger partial charge in [0.25, 0.3) is 0 Å². The standard InChI is InChI=1S/C21H22F4O/c1-3-12-4-6-13(7-5-12)14-8-9-15(19(23)18(14)22)16-10-11-17(26-2)21(25)20(16)24/h8-13H,3-7H2,1-2H3. The van der Waals surface area contributed by atoms with Gasteiger partial charge in [0.1, 0.15) is 0 Å². The first-order chi connectivity index (χ1) is 12.5. The summed E-state index contributed by atoms with van der Waals surface area (Å²) in [6.45, 7) is 2.14. The molecule has 2 aromatic carbocycles. The van der Waals surface area contributed by atoms with Gasteiger partial charge in [0.2, 0.25) is 5.82 Å². The first-order valence-corrected chi connectivity index (χ1v) is 8.98. The normalized spacial score (nSPS) is 20.2. The van der Waals surface area contributed by atoms with E-state index < -0.39 is 23.3 Å². The number of ether oxygens (including phenoxy) is 1. The molecular weight excluding hydrogens is 344 g/mol. The van der Waals surface area contributed by atoms with Crippen molar-refractivity contribution in [3.63, 3.8) is 0 Å². The summed E-state index contributed by atoms with van der Waals surface area (Å²) >= 11 is 0. The molecule has 0 heterocycles. The summed E-state index contributed by atoms with van der Waals surface area (Å²) in [6.07, 6.45) is 4.74. The molecule has 1 nitrogen and oxygen atoms in total. The summed E-state index contributed by atoms with van der Waals surface area (Å²) in [7, 11) is 1.21. The van der Waals surface area contributed by atoms with Crippen LogP contribution in [-0.4, -0.2) is 7.11 Å². The predicted molar refractivity (Wildman–Crippen MR) is 93.3 cm³/mol. The Balaban J connectivity index is 1.95. The number of halogens is 4. The maximum atomic E-state index is 14.7. The topological polar surface area (TPSA) is 9.23 Å². The van der Waals surface area contributed by atoms with Crippen LogP contribution in [0.1, 0.15) is 50.5 Å². The fraction of sp³-hybridized carbons (Fsp3) is 0.429. The van der Waals surface area contributed by atoms with Gasteiger partial charge in [-0.3, -0.25) is 0 Å². The minimum absolute atomic E-state index is 0.0289. The highest BCUT2D eigenvalue weighted by Crippen LogP contribution is 2.40. The van der Waals surface area contributed by atoms with Crippen LogP contribution >= 0.6 is 0 Å². The minimum atomic E-state index is -1.25. The highest BCUT2D eigenvalue weighted by molar-refractivity contribution is 5.66. The summed E-state index contributed by atoms with van der Waals surface area (Å²) in [5, 5.41) is 0. The van der Waals surface area contributed by atoms with E-state index >= 15 is 0 Å². The van der Waals surface area contributed by atoms with Crippen LogP contribution in [0.25, 0.3) is 11.1 Å². The molecule has 1 fully saturated rings. The Morgan fingerprint density at radius 1 is 0.808 bits per heavy atom. The van der Waals surface area contributed by atoms with E-state index in [2.05, 4.69) is 6.92 Å². The first-order valence-electron chi connectivity index (χ1n) is 8.98. The monoisotopic (exact) mass is 366 g/mol. The molecule has 1 aliphatic carbocycles. The van der Waals surface area contributed by atoms with Gasteiger partial charge in [0, 0.05) is 11.1 Å². The van der Waals surface area contributed by atoms with Gasteiger partial charge in [-0.1, -0.05) is 25.5 Å². The van der Waals surface area contributed by atoms with Crippen molar-refractivity contribution in [3.05, 3.63) is 53.1 Å². The average Bonchev–Trinajstić information content (AvgIpc) is 2.67. The number of hydrogen-bond donors (Lipinski definition) is 0. The lowest BCUT2D eigenvalue weighted by molar-refractivity contribution is 0.312. The number of rotatable bonds is 4. The van der Waals surface area contributed by atoms with Gasteiger partial charge in [0.15, 0.2) is 23.2 Å². The molecule has 0 N–H and O–H groups in total. The lowest BCUT2D eigenvalue weighted by Crippen LogP contribution is -2.14. The lowest BCUT2D eigenvalue weighted by Gasteiger charge is -2.28. The van der Waals surface area contributed by atoms with Crippen LogP contribution in [0.15, 0.2) is 24.3 Å². The highest BCUT2D eigenvalue weighted by atomic mass is 19.2. The predicted octanol–water partition coefficient (Wildman–Crippen LogP) is 6.60. The van der Waals surface area contributed by atoms with Crippen LogP contribution in [0.4, 0.5) is 17.6 Å². The van der Waals surface area contributed by atoms with Gasteiger partial charge in [-0.2, -0.15) is 4.39 Å². The fourth-order valence-electron chi connectivity index (χ4n) is 3.87. The quantitative estimate of drug-likeness (QED) is 0.554. The summed E-state index contributed by atoms with van der Waals surface area (Å²) < 4.78 is 62.2. The van der Waals surface area contributed by atoms with Gasteiger partial charge in [-0.15, -0.1) is 0 Å². The summed E-state index contributed by atoms with van der Waals surface area (Å²) in [5.74, 6) is -4.22. The van der Waals surface area contributed by atoms with Crippen molar-refractivity contribution in [2.24, 2.45) is 5.92 Å².